The van der Waals surface area contributed by atoms with Crippen LogP contribution in [0, 0.1) is 12.8 Å². The molecule has 130 valence electrons. The van der Waals surface area contributed by atoms with Crippen LogP contribution in [0.2, 0.25) is 0 Å². The number of anilines is 1. The lowest BCUT2D eigenvalue weighted by molar-refractivity contribution is -0.113. The Morgan fingerprint density at radius 2 is 2.24 bits per heavy atom. The topological polar surface area (TPSA) is 80.7 Å². The number of nitrogens with zero attached hydrogens (tertiary/aromatic N) is 4. The Labute approximate surface area is 157 Å². The summed E-state index contributed by atoms with van der Waals surface area (Å²) in [5.74, 6) is 0.933. The van der Waals surface area contributed by atoms with Gasteiger partial charge in [0.15, 0.2) is 0 Å². The third-order valence-electron chi connectivity index (χ3n) is 4.17. The van der Waals surface area contributed by atoms with Crippen molar-refractivity contribution in [2.75, 3.05) is 11.1 Å². The number of carbonyl (C=O) groups excluding carboxylic acids is 1. The number of hydrogen-bond acceptors (Lipinski definition) is 8. The number of hydrogen-bond donors (Lipinski definition) is 1. The quantitative estimate of drug-likeness (QED) is 0.539. The minimum Gasteiger partial charge on any atom is -0.300 e. The van der Waals surface area contributed by atoms with E-state index in [1.165, 1.54) is 40.0 Å². The van der Waals surface area contributed by atoms with E-state index in [-0.39, 0.29) is 5.91 Å². The number of aromatic nitrogens is 4. The zero-order chi connectivity index (χ0) is 17.4. The summed E-state index contributed by atoms with van der Waals surface area (Å²) in [6, 6.07) is 0. The second-order valence-corrected chi connectivity index (χ2v) is 9.40. The van der Waals surface area contributed by atoms with Crippen LogP contribution in [0.3, 0.4) is 0 Å². The predicted molar refractivity (Wildman–Crippen MR) is 103 cm³/mol. The summed E-state index contributed by atoms with van der Waals surface area (Å²) in [4.78, 5) is 23.5. The number of thiophene rings is 1. The van der Waals surface area contributed by atoms with Crippen LogP contribution in [0.4, 0.5) is 5.13 Å². The highest BCUT2D eigenvalue weighted by Gasteiger charge is 2.23. The van der Waals surface area contributed by atoms with Crippen LogP contribution in [-0.4, -0.2) is 31.8 Å². The highest BCUT2D eigenvalue weighted by Crippen LogP contribution is 2.40. The van der Waals surface area contributed by atoms with Crippen molar-refractivity contribution in [2.45, 2.75) is 38.1 Å². The molecule has 6 nitrogen and oxygen atoms in total. The number of carbonyl (C=O) groups is 1. The average Bonchev–Trinajstić information content (AvgIpc) is 3.15. The van der Waals surface area contributed by atoms with Gasteiger partial charge in [0.25, 0.3) is 0 Å². The lowest BCUT2D eigenvalue weighted by atomic mass is 9.89. The molecule has 1 unspecified atom stereocenters. The Morgan fingerprint density at radius 1 is 1.36 bits per heavy atom. The van der Waals surface area contributed by atoms with Crippen LogP contribution in [0.15, 0.2) is 11.4 Å². The number of rotatable bonds is 4. The maximum absolute atomic E-state index is 12.2. The highest BCUT2D eigenvalue weighted by atomic mass is 32.2. The molecule has 1 N–H and O–H groups in total. The fourth-order valence-electron chi connectivity index (χ4n) is 2.99. The minimum absolute atomic E-state index is 0.0920. The van der Waals surface area contributed by atoms with Gasteiger partial charge in [0.05, 0.1) is 5.75 Å². The second-order valence-electron chi connectivity index (χ2n) is 6.17. The third kappa shape index (κ3) is 3.54. The number of fused-ring (bicyclic) bond motifs is 3. The largest absolute Gasteiger partial charge is 0.300 e. The van der Waals surface area contributed by atoms with Crippen molar-refractivity contribution in [1.82, 2.24) is 20.2 Å². The molecule has 0 aliphatic heterocycles. The van der Waals surface area contributed by atoms with E-state index in [0.29, 0.717) is 10.9 Å². The van der Waals surface area contributed by atoms with E-state index in [9.17, 15) is 4.79 Å². The Balaban J connectivity index is 1.52. The van der Waals surface area contributed by atoms with Gasteiger partial charge in [0.2, 0.25) is 11.0 Å². The van der Waals surface area contributed by atoms with E-state index in [1.54, 1.807) is 17.7 Å². The average molecular weight is 392 g/mol. The maximum atomic E-state index is 12.2. The smallest absolute Gasteiger partial charge is 0.236 e. The van der Waals surface area contributed by atoms with E-state index in [4.69, 9.17) is 0 Å². The van der Waals surface area contributed by atoms with E-state index in [1.807, 2.05) is 6.92 Å². The van der Waals surface area contributed by atoms with Gasteiger partial charge in [-0.05, 0) is 37.7 Å². The van der Waals surface area contributed by atoms with Gasteiger partial charge < -0.3 is 0 Å². The first kappa shape index (κ1) is 16.9. The molecule has 9 heteroatoms. The van der Waals surface area contributed by atoms with Crippen LogP contribution in [-0.2, 0) is 17.6 Å². The molecular weight excluding hydrogens is 374 g/mol. The van der Waals surface area contributed by atoms with Crippen molar-refractivity contribution >= 4 is 55.7 Å². The molecule has 1 atom stereocenters. The van der Waals surface area contributed by atoms with E-state index in [0.717, 1.165) is 39.0 Å². The first-order valence-corrected chi connectivity index (χ1v) is 10.7. The molecule has 1 amide bonds. The fraction of sp³-hybridized carbons (Fsp3) is 0.438. The summed E-state index contributed by atoms with van der Waals surface area (Å²) < 4.78 is 0. The lowest BCUT2D eigenvalue weighted by Crippen LogP contribution is -2.14. The monoisotopic (exact) mass is 391 g/mol. The van der Waals surface area contributed by atoms with Gasteiger partial charge in [-0.25, -0.2) is 9.97 Å². The normalized spacial score (nSPS) is 16.8. The Hall–Kier alpha value is -1.58. The fourth-order valence-corrected chi connectivity index (χ4v) is 5.84. The van der Waals surface area contributed by atoms with Gasteiger partial charge in [-0.1, -0.05) is 30.0 Å². The number of nitrogens with one attached hydrogen (secondary N) is 1. The van der Waals surface area contributed by atoms with Gasteiger partial charge in [0.1, 0.15) is 21.2 Å². The molecule has 0 radical (unpaired) electrons. The Bertz CT molecular complexity index is 935. The van der Waals surface area contributed by atoms with Gasteiger partial charge in [0, 0.05) is 10.3 Å². The summed E-state index contributed by atoms with van der Waals surface area (Å²) in [7, 11) is 0. The summed E-state index contributed by atoms with van der Waals surface area (Å²) in [6.45, 7) is 4.16. The molecule has 3 aromatic rings. The van der Waals surface area contributed by atoms with Crippen molar-refractivity contribution in [1.29, 1.82) is 0 Å². The van der Waals surface area contributed by atoms with Crippen molar-refractivity contribution in [3.05, 3.63) is 21.8 Å². The zero-order valence-electron chi connectivity index (χ0n) is 13.9. The molecule has 0 aromatic carbocycles. The predicted octanol–water partition coefficient (Wildman–Crippen LogP) is 3.71. The van der Waals surface area contributed by atoms with Gasteiger partial charge in [-0.15, -0.1) is 21.5 Å². The summed E-state index contributed by atoms with van der Waals surface area (Å²) >= 11 is 4.61. The molecular formula is C16H17N5OS3. The zero-order valence-corrected chi connectivity index (χ0v) is 16.4. The minimum atomic E-state index is -0.0920. The molecule has 3 heterocycles. The molecule has 0 saturated carbocycles. The van der Waals surface area contributed by atoms with Gasteiger partial charge in [-0.2, -0.15) is 0 Å². The summed E-state index contributed by atoms with van der Waals surface area (Å²) in [5.41, 5.74) is 1.39. The van der Waals surface area contributed by atoms with E-state index < -0.39 is 0 Å². The molecule has 1 aliphatic rings. The number of aryl methyl sites for hydroxylation is 2. The van der Waals surface area contributed by atoms with Crippen molar-refractivity contribution in [2.24, 2.45) is 5.92 Å². The molecule has 0 bridgehead atoms. The molecule has 0 saturated heterocycles. The molecule has 3 aromatic heterocycles. The highest BCUT2D eigenvalue weighted by molar-refractivity contribution is 8.00. The molecule has 25 heavy (non-hydrogen) atoms. The number of amides is 1. The van der Waals surface area contributed by atoms with Crippen LogP contribution >= 0.6 is 34.4 Å². The summed E-state index contributed by atoms with van der Waals surface area (Å²) in [5, 5.41) is 14.0. The number of thioether (sulfide) groups is 1. The van der Waals surface area contributed by atoms with Gasteiger partial charge in [-0.3, -0.25) is 10.1 Å². The van der Waals surface area contributed by atoms with Crippen LogP contribution in [0.1, 0.15) is 28.8 Å². The van der Waals surface area contributed by atoms with Crippen LogP contribution < -0.4 is 5.32 Å². The molecule has 1 aliphatic carbocycles. The molecule has 4 rings (SSSR count). The maximum Gasteiger partial charge on any atom is 0.236 e. The SMILES string of the molecule is Cc1nnc(NC(=O)CSc2ncnc3sc4c(c23)CCC(C)C4)s1. The van der Waals surface area contributed by atoms with Crippen molar-refractivity contribution in [3.63, 3.8) is 0 Å². The van der Waals surface area contributed by atoms with E-state index >= 15 is 0 Å². The standard InChI is InChI=1S/C16H17N5OS3/c1-8-3-4-10-11(5-8)25-15-13(10)14(17-7-18-15)23-6-12(22)19-16-21-20-9(2)24-16/h7-8H,3-6H2,1-2H3,(H,19,21,22). The Morgan fingerprint density at radius 3 is 3.04 bits per heavy atom. The molecule has 0 fully saturated rings. The molecule has 0 spiro atoms. The van der Waals surface area contributed by atoms with Crippen LogP contribution in [0.5, 0.6) is 0 Å². The van der Waals surface area contributed by atoms with Crippen LogP contribution in [0.25, 0.3) is 10.2 Å². The first-order chi connectivity index (χ1) is 12.1. The first-order valence-electron chi connectivity index (χ1n) is 8.08. The lowest BCUT2D eigenvalue weighted by Gasteiger charge is -2.18. The van der Waals surface area contributed by atoms with Crippen molar-refractivity contribution < 1.29 is 4.79 Å². The summed E-state index contributed by atoms with van der Waals surface area (Å²) in [6.07, 6.45) is 5.00. The van der Waals surface area contributed by atoms with Gasteiger partial charge >= 0.3 is 0 Å². The van der Waals surface area contributed by atoms with Crippen molar-refractivity contribution in [3.8, 4) is 0 Å². The third-order valence-corrected chi connectivity index (χ3v) is 7.08. The second kappa shape index (κ2) is 6.97. The Kier molecular flexibility index (Phi) is 4.70. The van der Waals surface area contributed by atoms with E-state index in [2.05, 4.69) is 32.4 Å².